The Balaban J connectivity index is 2.94. The van der Waals surface area contributed by atoms with Crippen LogP contribution in [0.1, 0.15) is 5.69 Å². The first-order chi connectivity index (χ1) is 7.31. The lowest BCUT2D eigenvalue weighted by molar-refractivity contribution is 0.924. The Kier molecular flexibility index (Phi) is 4.11. The van der Waals surface area contributed by atoms with E-state index in [9.17, 15) is 0 Å². The number of nitriles is 1. The molecule has 0 bridgehead atoms. The molecule has 1 heterocycles. The van der Waals surface area contributed by atoms with E-state index in [1.165, 1.54) is 0 Å². The SMILES string of the molecule is C=CCN(CC=C)c1cccc(C#N)n1. The lowest BCUT2D eigenvalue weighted by atomic mass is 10.3. The molecule has 0 aliphatic heterocycles. The average molecular weight is 199 g/mol. The molecule has 0 fully saturated rings. The number of hydrogen-bond donors (Lipinski definition) is 0. The Labute approximate surface area is 90.0 Å². The Morgan fingerprint density at radius 2 is 2.00 bits per heavy atom. The maximum Gasteiger partial charge on any atom is 0.142 e. The molecule has 0 aliphatic rings. The van der Waals surface area contributed by atoms with E-state index in [4.69, 9.17) is 5.26 Å². The Morgan fingerprint density at radius 3 is 2.53 bits per heavy atom. The van der Waals surface area contributed by atoms with Crippen LogP contribution in [0.3, 0.4) is 0 Å². The Hall–Kier alpha value is -2.08. The Bertz CT molecular complexity index is 380. The van der Waals surface area contributed by atoms with Gasteiger partial charge in [-0.25, -0.2) is 4.98 Å². The van der Waals surface area contributed by atoms with Gasteiger partial charge in [-0.3, -0.25) is 0 Å². The van der Waals surface area contributed by atoms with Gasteiger partial charge in [0.25, 0.3) is 0 Å². The fourth-order valence-electron chi connectivity index (χ4n) is 1.23. The molecule has 1 aromatic rings. The maximum atomic E-state index is 8.73. The molecule has 3 heteroatoms. The standard InChI is InChI=1S/C12H13N3/c1-3-8-15(9-4-2)12-7-5-6-11(10-13)14-12/h3-7H,1-2,8-9H2. The smallest absolute Gasteiger partial charge is 0.142 e. The minimum absolute atomic E-state index is 0.422. The molecule has 15 heavy (non-hydrogen) atoms. The summed E-state index contributed by atoms with van der Waals surface area (Å²) in [5, 5.41) is 8.73. The van der Waals surface area contributed by atoms with Gasteiger partial charge >= 0.3 is 0 Å². The summed E-state index contributed by atoms with van der Waals surface area (Å²) in [5.74, 6) is 0.772. The zero-order valence-electron chi connectivity index (χ0n) is 8.56. The first-order valence-corrected chi connectivity index (χ1v) is 4.65. The summed E-state index contributed by atoms with van der Waals surface area (Å²) in [7, 11) is 0. The molecular weight excluding hydrogens is 186 g/mol. The van der Waals surface area contributed by atoms with Gasteiger partial charge in [0, 0.05) is 13.1 Å². The lowest BCUT2D eigenvalue weighted by Crippen LogP contribution is -2.24. The van der Waals surface area contributed by atoms with Crippen LogP contribution in [0.5, 0.6) is 0 Å². The van der Waals surface area contributed by atoms with Gasteiger partial charge in [-0.05, 0) is 12.1 Å². The van der Waals surface area contributed by atoms with Gasteiger partial charge in [0.15, 0.2) is 0 Å². The highest BCUT2D eigenvalue weighted by atomic mass is 15.2. The number of hydrogen-bond acceptors (Lipinski definition) is 3. The van der Waals surface area contributed by atoms with Crippen molar-refractivity contribution in [3.63, 3.8) is 0 Å². The highest BCUT2D eigenvalue weighted by molar-refractivity contribution is 5.42. The summed E-state index contributed by atoms with van der Waals surface area (Å²) in [6, 6.07) is 7.39. The molecule has 0 saturated heterocycles. The van der Waals surface area contributed by atoms with Gasteiger partial charge in [-0.15, -0.1) is 13.2 Å². The fourth-order valence-corrected chi connectivity index (χ4v) is 1.23. The molecule has 0 spiro atoms. The van der Waals surface area contributed by atoms with E-state index in [-0.39, 0.29) is 0 Å². The van der Waals surface area contributed by atoms with Gasteiger partial charge in [-0.1, -0.05) is 18.2 Å². The van der Waals surface area contributed by atoms with Crippen molar-refractivity contribution < 1.29 is 0 Å². The first kappa shape index (κ1) is 11.0. The molecule has 0 amide bonds. The minimum Gasteiger partial charge on any atom is -0.349 e. The highest BCUT2D eigenvalue weighted by Crippen LogP contribution is 2.10. The number of rotatable bonds is 5. The van der Waals surface area contributed by atoms with Crippen molar-refractivity contribution in [2.45, 2.75) is 0 Å². The zero-order chi connectivity index (χ0) is 11.1. The lowest BCUT2D eigenvalue weighted by Gasteiger charge is -2.20. The number of anilines is 1. The Morgan fingerprint density at radius 1 is 1.33 bits per heavy atom. The first-order valence-electron chi connectivity index (χ1n) is 4.65. The minimum atomic E-state index is 0.422. The monoisotopic (exact) mass is 199 g/mol. The second kappa shape index (κ2) is 5.61. The van der Waals surface area contributed by atoms with Gasteiger partial charge in [0.05, 0.1) is 0 Å². The van der Waals surface area contributed by atoms with Crippen molar-refractivity contribution in [1.82, 2.24) is 4.98 Å². The predicted molar refractivity (Wildman–Crippen MR) is 61.6 cm³/mol. The van der Waals surface area contributed by atoms with Crippen molar-refractivity contribution in [1.29, 1.82) is 5.26 Å². The highest BCUT2D eigenvalue weighted by Gasteiger charge is 2.04. The molecule has 0 N–H and O–H groups in total. The predicted octanol–water partition coefficient (Wildman–Crippen LogP) is 2.13. The second-order valence-electron chi connectivity index (χ2n) is 2.98. The fraction of sp³-hybridized carbons (Fsp3) is 0.167. The molecule has 1 rings (SSSR count). The van der Waals surface area contributed by atoms with Gasteiger partial charge in [-0.2, -0.15) is 5.26 Å². The molecule has 0 unspecified atom stereocenters. The molecule has 0 radical (unpaired) electrons. The average Bonchev–Trinajstić information content (AvgIpc) is 2.29. The number of aromatic nitrogens is 1. The van der Waals surface area contributed by atoms with E-state index in [1.54, 1.807) is 18.2 Å². The van der Waals surface area contributed by atoms with Crippen LogP contribution in [0.2, 0.25) is 0 Å². The van der Waals surface area contributed by atoms with Crippen molar-refractivity contribution >= 4 is 5.82 Å². The molecule has 0 atom stereocenters. The van der Waals surface area contributed by atoms with Crippen LogP contribution < -0.4 is 4.90 Å². The third kappa shape index (κ3) is 2.96. The maximum absolute atomic E-state index is 8.73. The van der Waals surface area contributed by atoms with Crippen molar-refractivity contribution in [2.75, 3.05) is 18.0 Å². The molecule has 3 nitrogen and oxygen atoms in total. The summed E-state index contributed by atoms with van der Waals surface area (Å²) in [4.78, 5) is 6.18. The molecule has 0 saturated carbocycles. The topological polar surface area (TPSA) is 39.9 Å². The largest absolute Gasteiger partial charge is 0.349 e. The van der Waals surface area contributed by atoms with E-state index in [1.807, 2.05) is 23.1 Å². The van der Waals surface area contributed by atoms with Crippen LogP contribution in [0.25, 0.3) is 0 Å². The van der Waals surface area contributed by atoms with E-state index in [2.05, 4.69) is 18.1 Å². The van der Waals surface area contributed by atoms with Crippen LogP contribution in [0.4, 0.5) is 5.82 Å². The van der Waals surface area contributed by atoms with Crippen molar-refractivity contribution in [3.05, 3.63) is 49.2 Å². The van der Waals surface area contributed by atoms with E-state index in [0.29, 0.717) is 18.8 Å². The van der Waals surface area contributed by atoms with E-state index >= 15 is 0 Å². The summed E-state index contributed by atoms with van der Waals surface area (Å²) >= 11 is 0. The number of nitrogens with zero attached hydrogens (tertiary/aromatic N) is 3. The third-order valence-corrected chi connectivity index (χ3v) is 1.87. The van der Waals surface area contributed by atoms with Gasteiger partial charge in [0.1, 0.15) is 17.6 Å². The summed E-state index contributed by atoms with van der Waals surface area (Å²) < 4.78 is 0. The summed E-state index contributed by atoms with van der Waals surface area (Å²) in [6.45, 7) is 8.74. The van der Waals surface area contributed by atoms with Crippen LogP contribution in [0, 0.1) is 11.3 Å². The third-order valence-electron chi connectivity index (χ3n) is 1.87. The zero-order valence-corrected chi connectivity index (χ0v) is 8.56. The molecule has 0 aromatic carbocycles. The summed E-state index contributed by atoms with van der Waals surface area (Å²) in [5.41, 5.74) is 0.422. The second-order valence-corrected chi connectivity index (χ2v) is 2.98. The van der Waals surface area contributed by atoms with Gasteiger partial charge in [0.2, 0.25) is 0 Å². The van der Waals surface area contributed by atoms with Crippen LogP contribution in [-0.2, 0) is 0 Å². The van der Waals surface area contributed by atoms with Crippen molar-refractivity contribution in [3.8, 4) is 6.07 Å². The molecule has 76 valence electrons. The van der Waals surface area contributed by atoms with Crippen LogP contribution >= 0.6 is 0 Å². The van der Waals surface area contributed by atoms with Crippen molar-refractivity contribution in [2.24, 2.45) is 0 Å². The van der Waals surface area contributed by atoms with E-state index < -0.39 is 0 Å². The number of pyridine rings is 1. The summed E-state index contributed by atoms with van der Waals surface area (Å²) in [6.07, 6.45) is 3.59. The molecular formula is C12H13N3. The van der Waals surface area contributed by atoms with Gasteiger partial charge < -0.3 is 4.90 Å². The normalized spacial score (nSPS) is 9.00. The van der Waals surface area contributed by atoms with Crippen LogP contribution in [0.15, 0.2) is 43.5 Å². The van der Waals surface area contributed by atoms with Crippen LogP contribution in [-0.4, -0.2) is 18.1 Å². The molecule has 0 aliphatic carbocycles. The molecule has 1 aromatic heterocycles. The van der Waals surface area contributed by atoms with E-state index in [0.717, 1.165) is 5.82 Å². The quantitative estimate of drug-likeness (QED) is 0.682.